The molecular weight excluding hydrogens is 265 g/mol. The number of imidazole rings is 1. The molecule has 1 heterocycles. The Bertz CT molecular complexity index is 549. The third-order valence-electron chi connectivity index (χ3n) is 3.44. The molecule has 1 aromatic heterocycles. The quantitative estimate of drug-likeness (QED) is 0.759. The summed E-state index contributed by atoms with van der Waals surface area (Å²) in [5, 5.41) is 0. The molecule has 104 valence electrons. The van der Waals surface area contributed by atoms with E-state index in [-0.39, 0.29) is 5.82 Å². The number of halogens is 2. The largest absolute Gasteiger partial charge is 0.326 e. The maximum atomic E-state index is 13.4. The molecule has 2 rings (SSSR count). The van der Waals surface area contributed by atoms with E-state index in [1.165, 1.54) is 12.1 Å². The number of nitrogens with zero attached hydrogens (tertiary/aromatic N) is 3. The van der Waals surface area contributed by atoms with E-state index in [4.69, 9.17) is 11.6 Å². The van der Waals surface area contributed by atoms with Crippen molar-refractivity contribution in [2.45, 2.75) is 26.3 Å². The first kappa shape index (κ1) is 14.3. The van der Waals surface area contributed by atoms with Crippen molar-refractivity contribution in [2.75, 3.05) is 19.6 Å². The average Bonchev–Trinajstić information content (AvgIpc) is 2.77. The average molecular weight is 284 g/mol. The van der Waals surface area contributed by atoms with Gasteiger partial charge in [0.05, 0.1) is 16.9 Å². The van der Waals surface area contributed by atoms with Crippen LogP contribution >= 0.6 is 11.6 Å². The Balaban J connectivity index is 2.31. The molecule has 0 fully saturated rings. The monoisotopic (exact) mass is 283 g/mol. The van der Waals surface area contributed by atoms with Gasteiger partial charge in [0, 0.05) is 13.1 Å². The first-order valence-electron chi connectivity index (χ1n) is 6.62. The molecule has 19 heavy (non-hydrogen) atoms. The summed E-state index contributed by atoms with van der Waals surface area (Å²) in [5.74, 6) is 0.904. The summed E-state index contributed by atoms with van der Waals surface area (Å²) in [6, 6.07) is 4.66. The molecule has 0 aliphatic rings. The lowest BCUT2D eigenvalue weighted by molar-refractivity contribution is 0.291. The first-order chi connectivity index (χ1) is 9.19. The Labute approximate surface area is 118 Å². The Morgan fingerprint density at radius 2 is 2.05 bits per heavy atom. The van der Waals surface area contributed by atoms with Gasteiger partial charge in [-0.25, -0.2) is 9.37 Å². The molecule has 1 aromatic carbocycles. The Morgan fingerprint density at radius 3 is 2.68 bits per heavy atom. The van der Waals surface area contributed by atoms with Gasteiger partial charge >= 0.3 is 0 Å². The van der Waals surface area contributed by atoms with Gasteiger partial charge in [0.1, 0.15) is 11.6 Å². The van der Waals surface area contributed by atoms with E-state index in [0.29, 0.717) is 5.88 Å². The van der Waals surface area contributed by atoms with Gasteiger partial charge in [-0.05, 0) is 31.3 Å². The van der Waals surface area contributed by atoms with Crippen LogP contribution in [0.5, 0.6) is 0 Å². The molecule has 0 radical (unpaired) electrons. The second-order valence-electron chi connectivity index (χ2n) is 4.47. The topological polar surface area (TPSA) is 21.1 Å². The fourth-order valence-corrected chi connectivity index (χ4v) is 2.48. The molecule has 5 heteroatoms. The summed E-state index contributed by atoms with van der Waals surface area (Å²) in [4.78, 5) is 6.77. The van der Waals surface area contributed by atoms with Gasteiger partial charge < -0.3 is 9.47 Å². The minimum absolute atomic E-state index is 0.238. The number of fused-ring (bicyclic) bond motifs is 1. The van der Waals surface area contributed by atoms with Crippen molar-refractivity contribution in [3.8, 4) is 0 Å². The molecule has 0 amide bonds. The van der Waals surface area contributed by atoms with E-state index in [0.717, 1.165) is 43.0 Å². The van der Waals surface area contributed by atoms with Crippen LogP contribution in [0.3, 0.4) is 0 Å². The summed E-state index contributed by atoms with van der Waals surface area (Å²) in [5.41, 5.74) is 1.62. The minimum atomic E-state index is -0.238. The molecule has 0 aliphatic heterocycles. The van der Waals surface area contributed by atoms with Crippen molar-refractivity contribution < 1.29 is 4.39 Å². The van der Waals surface area contributed by atoms with Crippen LogP contribution in [0.15, 0.2) is 18.2 Å². The minimum Gasteiger partial charge on any atom is -0.326 e. The molecule has 0 N–H and O–H groups in total. The normalized spacial score (nSPS) is 11.6. The van der Waals surface area contributed by atoms with Crippen LogP contribution in [0.2, 0.25) is 0 Å². The fraction of sp³-hybridized carbons (Fsp3) is 0.500. The van der Waals surface area contributed by atoms with Crippen molar-refractivity contribution in [3.05, 3.63) is 29.8 Å². The Hall–Kier alpha value is -1.13. The van der Waals surface area contributed by atoms with Gasteiger partial charge in [0.15, 0.2) is 0 Å². The lowest BCUT2D eigenvalue weighted by atomic mass is 10.3. The van der Waals surface area contributed by atoms with Crippen molar-refractivity contribution in [2.24, 2.45) is 0 Å². The number of hydrogen-bond donors (Lipinski definition) is 0. The van der Waals surface area contributed by atoms with Crippen LogP contribution in [0.1, 0.15) is 19.7 Å². The summed E-state index contributed by atoms with van der Waals surface area (Å²) < 4.78 is 15.4. The number of likely N-dealkylation sites (N-methyl/N-ethyl adjacent to an activating group) is 1. The lowest BCUT2D eigenvalue weighted by Gasteiger charge is -2.19. The molecular formula is C14H19ClFN3. The van der Waals surface area contributed by atoms with Crippen LogP contribution in [-0.4, -0.2) is 34.1 Å². The van der Waals surface area contributed by atoms with Gasteiger partial charge in [-0.15, -0.1) is 11.6 Å². The molecule has 0 saturated carbocycles. The van der Waals surface area contributed by atoms with Crippen LogP contribution in [0.25, 0.3) is 11.0 Å². The number of alkyl halides is 1. The highest BCUT2D eigenvalue weighted by molar-refractivity contribution is 6.16. The van der Waals surface area contributed by atoms with Crippen molar-refractivity contribution in [3.63, 3.8) is 0 Å². The van der Waals surface area contributed by atoms with E-state index in [9.17, 15) is 4.39 Å². The number of hydrogen-bond acceptors (Lipinski definition) is 2. The van der Waals surface area contributed by atoms with Crippen molar-refractivity contribution in [1.82, 2.24) is 14.5 Å². The van der Waals surface area contributed by atoms with Crippen LogP contribution in [0, 0.1) is 5.82 Å². The lowest BCUT2D eigenvalue weighted by Crippen LogP contribution is -2.27. The van der Waals surface area contributed by atoms with Gasteiger partial charge in [-0.2, -0.15) is 0 Å². The van der Waals surface area contributed by atoms with Crippen LogP contribution in [-0.2, 0) is 12.4 Å². The number of rotatable bonds is 6. The molecule has 0 spiro atoms. The Kier molecular flexibility index (Phi) is 4.77. The van der Waals surface area contributed by atoms with Gasteiger partial charge in [0.25, 0.3) is 0 Å². The molecule has 3 nitrogen and oxygen atoms in total. The fourth-order valence-electron chi connectivity index (χ4n) is 2.28. The van der Waals surface area contributed by atoms with Gasteiger partial charge in [-0.3, -0.25) is 0 Å². The zero-order valence-corrected chi connectivity index (χ0v) is 12.1. The first-order valence-corrected chi connectivity index (χ1v) is 7.16. The smallest absolute Gasteiger partial charge is 0.125 e. The highest BCUT2D eigenvalue weighted by Gasteiger charge is 2.11. The maximum absolute atomic E-state index is 13.4. The second kappa shape index (κ2) is 6.35. The maximum Gasteiger partial charge on any atom is 0.125 e. The number of aromatic nitrogens is 2. The standard InChI is InChI=1S/C14H19ClFN3/c1-3-18(4-2)7-8-19-13-9-11(16)5-6-12(13)17-14(19)10-15/h5-6,9H,3-4,7-8,10H2,1-2H3. The van der Waals surface area contributed by atoms with E-state index >= 15 is 0 Å². The summed E-state index contributed by atoms with van der Waals surface area (Å²) in [7, 11) is 0. The summed E-state index contributed by atoms with van der Waals surface area (Å²) >= 11 is 5.94. The third-order valence-corrected chi connectivity index (χ3v) is 3.68. The van der Waals surface area contributed by atoms with E-state index in [2.05, 4.69) is 23.7 Å². The third kappa shape index (κ3) is 3.07. The van der Waals surface area contributed by atoms with E-state index < -0.39 is 0 Å². The molecule has 0 aliphatic carbocycles. The summed E-state index contributed by atoms with van der Waals surface area (Å²) in [6.07, 6.45) is 0. The molecule has 0 unspecified atom stereocenters. The molecule has 0 saturated heterocycles. The van der Waals surface area contributed by atoms with Crippen molar-refractivity contribution >= 4 is 22.6 Å². The van der Waals surface area contributed by atoms with Gasteiger partial charge in [0.2, 0.25) is 0 Å². The van der Waals surface area contributed by atoms with Crippen LogP contribution < -0.4 is 0 Å². The zero-order chi connectivity index (χ0) is 13.8. The number of benzene rings is 1. The highest BCUT2D eigenvalue weighted by atomic mass is 35.5. The molecule has 2 aromatic rings. The molecule has 0 atom stereocenters. The van der Waals surface area contributed by atoms with Gasteiger partial charge in [-0.1, -0.05) is 13.8 Å². The predicted octanol–water partition coefficient (Wildman–Crippen LogP) is 3.26. The SMILES string of the molecule is CCN(CC)CCn1c(CCl)nc2ccc(F)cc21. The predicted molar refractivity (Wildman–Crippen MR) is 77.0 cm³/mol. The van der Waals surface area contributed by atoms with Crippen LogP contribution in [0.4, 0.5) is 4.39 Å². The van der Waals surface area contributed by atoms with E-state index in [1.807, 2.05) is 4.57 Å². The van der Waals surface area contributed by atoms with Crippen molar-refractivity contribution in [1.29, 1.82) is 0 Å². The molecule has 0 bridgehead atoms. The zero-order valence-electron chi connectivity index (χ0n) is 11.4. The van der Waals surface area contributed by atoms with E-state index in [1.54, 1.807) is 6.07 Å². The highest BCUT2D eigenvalue weighted by Crippen LogP contribution is 2.19. The summed E-state index contributed by atoms with van der Waals surface area (Å²) in [6.45, 7) is 7.99. The Morgan fingerprint density at radius 1 is 1.32 bits per heavy atom. The second-order valence-corrected chi connectivity index (χ2v) is 4.74.